The van der Waals surface area contributed by atoms with Crippen molar-refractivity contribution < 1.29 is 9.47 Å². The predicted molar refractivity (Wildman–Crippen MR) is 121 cm³/mol. The Balaban J connectivity index is 1.62. The number of rotatable bonds is 2. The van der Waals surface area contributed by atoms with Crippen LogP contribution >= 0.6 is 11.8 Å². The highest BCUT2D eigenvalue weighted by Crippen LogP contribution is 2.47. The molecule has 156 valence electrons. The smallest absolute Gasteiger partial charge is 0.257 e. The van der Waals surface area contributed by atoms with Crippen molar-refractivity contribution in [1.29, 1.82) is 0 Å². The number of aromatic nitrogens is 2. The molecule has 3 aliphatic rings. The van der Waals surface area contributed by atoms with Crippen LogP contribution in [0.1, 0.15) is 41.0 Å². The van der Waals surface area contributed by atoms with E-state index in [1.54, 1.807) is 0 Å². The van der Waals surface area contributed by atoms with Crippen molar-refractivity contribution in [2.24, 2.45) is 0 Å². The van der Waals surface area contributed by atoms with Gasteiger partial charge in [-0.15, -0.1) is 0 Å². The van der Waals surface area contributed by atoms with Gasteiger partial charge in [0.1, 0.15) is 5.82 Å². The minimum absolute atomic E-state index is 0.103. The Morgan fingerprint density at radius 3 is 2.87 bits per heavy atom. The van der Waals surface area contributed by atoms with Gasteiger partial charge >= 0.3 is 0 Å². The van der Waals surface area contributed by atoms with Gasteiger partial charge in [-0.3, -0.25) is 4.79 Å². The molecule has 0 spiro atoms. The molecule has 7 heteroatoms. The Bertz CT molecular complexity index is 1300. The molecule has 0 bridgehead atoms. The maximum absolute atomic E-state index is 13.2. The van der Waals surface area contributed by atoms with E-state index in [1.165, 1.54) is 28.5 Å². The van der Waals surface area contributed by atoms with Crippen molar-refractivity contribution in [1.82, 2.24) is 9.97 Å². The summed E-state index contributed by atoms with van der Waals surface area (Å²) in [5.41, 5.74) is 6.39. The first-order valence-electron chi connectivity index (χ1n) is 10.4. The fourth-order valence-corrected chi connectivity index (χ4v) is 5.24. The van der Waals surface area contributed by atoms with Crippen LogP contribution in [0.25, 0.3) is 5.70 Å². The molecule has 3 heterocycles. The van der Waals surface area contributed by atoms with E-state index in [9.17, 15) is 4.79 Å². The fourth-order valence-electron chi connectivity index (χ4n) is 4.86. The van der Waals surface area contributed by atoms with E-state index in [0.717, 1.165) is 42.0 Å². The van der Waals surface area contributed by atoms with E-state index in [-0.39, 0.29) is 18.3 Å². The zero-order valence-corrected chi connectivity index (χ0v) is 17.8. The summed E-state index contributed by atoms with van der Waals surface area (Å²) in [4.78, 5) is 20.9. The number of nitrogens with one attached hydrogen (secondary N) is 2. The van der Waals surface area contributed by atoms with Crippen molar-refractivity contribution in [3.8, 4) is 11.5 Å². The third-order valence-electron chi connectivity index (χ3n) is 6.24. The van der Waals surface area contributed by atoms with Crippen LogP contribution in [0.4, 0.5) is 5.82 Å². The van der Waals surface area contributed by atoms with E-state index < -0.39 is 0 Å². The summed E-state index contributed by atoms with van der Waals surface area (Å²) in [5.74, 6) is 1.90. The number of fused-ring (bicyclic) bond motifs is 4. The SMILES string of the molecule is CSc1nc2c(c(=O)[nH]1)C(c1ccc3c(c1)OCO3)C1=C(N2)c2ccccc2CCC1. The van der Waals surface area contributed by atoms with Gasteiger partial charge in [-0.2, -0.15) is 0 Å². The third-order valence-corrected chi connectivity index (χ3v) is 6.82. The molecule has 1 atom stereocenters. The van der Waals surface area contributed by atoms with E-state index in [0.29, 0.717) is 16.5 Å². The summed E-state index contributed by atoms with van der Waals surface area (Å²) >= 11 is 1.43. The maximum Gasteiger partial charge on any atom is 0.257 e. The van der Waals surface area contributed by atoms with E-state index >= 15 is 0 Å². The van der Waals surface area contributed by atoms with Gasteiger partial charge in [0.25, 0.3) is 5.56 Å². The summed E-state index contributed by atoms with van der Waals surface area (Å²) in [6.07, 6.45) is 4.85. The number of nitrogens with zero attached hydrogens (tertiary/aromatic N) is 1. The van der Waals surface area contributed by atoms with Crippen LogP contribution in [0.5, 0.6) is 11.5 Å². The molecule has 2 aliphatic heterocycles. The lowest BCUT2D eigenvalue weighted by molar-refractivity contribution is 0.174. The highest BCUT2D eigenvalue weighted by molar-refractivity contribution is 7.98. The van der Waals surface area contributed by atoms with Gasteiger partial charge in [-0.05, 0) is 54.4 Å². The number of hydrogen-bond donors (Lipinski definition) is 2. The second-order valence-corrected chi connectivity index (χ2v) is 8.71. The molecule has 1 aromatic heterocycles. The molecule has 2 N–H and O–H groups in total. The minimum Gasteiger partial charge on any atom is -0.454 e. The van der Waals surface area contributed by atoms with Gasteiger partial charge in [0.15, 0.2) is 16.7 Å². The van der Waals surface area contributed by atoms with Gasteiger partial charge in [0.05, 0.1) is 5.56 Å². The lowest BCUT2D eigenvalue weighted by atomic mass is 9.80. The molecule has 6 nitrogen and oxygen atoms in total. The lowest BCUT2D eigenvalue weighted by Crippen LogP contribution is -2.28. The summed E-state index contributed by atoms with van der Waals surface area (Å²) in [6.45, 7) is 0.224. The molecule has 31 heavy (non-hydrogen) atoms. The molecule has 0 saturated carbocycles. The van der Waals surface area contributed by atoms with Gasteiger partial charge in [0.2, 0.25) is 6.79 Å². The number of ether oxygens (including phenoxy) is 2. The van der Waals surface area contributed by atoms with Gasteiger partial charge in [0, 0.05) is 17.2 Å². The van der Waals surface area contributed by atoms with Crippen molar-refractivity contribution in [2.75, 3.05) is 18.4 Å². The summed E-state index contributed by atoms with van der Waals surface area (Å²) < 4.78 is 11.2. The van der Waals surface area contributed by atoms with Crippen LogP contribution in [-0.4, -0.2) is 23.0 Å². The van der Waals surface area contributed by atoms with Crippen molar-refractivity contribution >= 4 is 23.3 Å². The maximum atomic E-state index is 13.2. The third kappa shape index (κ3) is 2.95. The molecule has 1 unspecified atom stereocenters. The summed E-state index contributed by atoms with van der Waals surface area (Å²) in [7, 11) is 0. The van der Waals surface area contributed by atoms with Crippen LogP contribution in [0.3, 0.4) is 0 Å². The first kappa shape index (κ1) is 18.6. The number of aromatic amines is 1. The topological polar surface area (TPSA) is 76.2 Å². The number of hydrogen-bond acceptors (Lipinski definition) is 6. The number of thioether (sulfide) groups is 1. The monoisotopic (exact) mass is 431 g/mol. The Morgan fingerprint density at radius 1 is 1.10 bits per heavy atom. The van der Waals surface area contributed by atoms with E-state index in [2.05, 4.69) is 34.6 Å². The van der Waals surface area contributed by atoms with Gasteiger partial charge < -0.3 is 19.8 Å². The molecule has 0 radical (unpaired) electrons. The van der Waals surface area contributed by atoms with Gasteiger partial charge in [-0.1, -0.05) is 42.1 Å². The van der Waals surface area contributed by atoms with Crippen molar-refractivity contribution in [3.05, 3.63) is 80.6 Å². The molecule has 1 aliphatic carbocycles. The number of benzene rings is 2. The predicted octanol–water partition coefficient (Wildman–Crippen LogP) is 4.53. The largest absolute Gasteiger partial charge is 0.454 e. The van der Waals surface area contributed by atoms with Crippen LogP contribution in [0, 0.1) is 0 Å². The van der Waals surface area contributed by atoms with Crippen LogP contribution < -0.4 is 20.3 Å². The molecule has 0 amide bonds. The second-order valence-electron chi connectivity index (χ2n) is 7.92. The summed E-state index contributed by atoms with van der Waals surface area (Å²) in [5, 5.41) is 4.15. The second kappa shape index (κ2) is 7.20. The molecular weight excluding hydrogens is 410 g/mol. The minimum atomic E-state index is -0.195. The van der Waals surface area contributed by atoms with Crippen LogP contribution in [0.15, 0.2) is 58.0 Å². The molecule has 0 fully saturated rings. The number of aryl methyl sites for hydroxylation is 1. The Morgan fingerprint density at radius 2 is 1.97 bits per heavy atom. The van der Waals surface area contributed by atoms with Crippen LogP contribution in [0.2, 0.25) is 0 Å². The Kier molecular flexibility index (Phi) is 4.31. The lowest BCUT2D eigenvalue weighted by Gasteiger charge is -2.31. The normalized spacial score (nSPS) is 18.5. The Hall–Kier alpha value is -3.19. The molecular formula is C24H21N3O3S. The van der Waals surface area contributed by atoms with E-state index in [1.807, 2.05) is 24.5 Å². The zero-order valence-electron chi connectivity index (χ0n) is 17.0. The Labute approximate surface area is 183 Å². The average Bonchev–Trinajstić information content (AvgIpc) is 3.19. The first-order chi connectivity index (χ1) is 15.2. The van der Waals surface area contributed by atoms with Gasteiger partial charge in [-0.25, -0.2) is 4.98 Å². The molecule has 6 rings (SSSR count). The fraction of sp³-hybridized carbons (Fsp3) is 0.250. The van der Waals surface area contributed by atoms with Crippen LogP contribution in [-0.2, 0) is 6.42 Å². The highest BCUT2D eigenvalue weighted by Gasteiger charge is 2.35. The van der Waals surface area contributed by atoms with E-state index in [4.69, 9.17) is 14.5 Å². The standard InChI is InChI=1S/C24H21N3O3S/c1-31-24-26-22-20(23(28)27-24)19(14-9-10-17-18(11-14)30-12-29-17)16-8-4-6-13-5-2-3-7-15(13)21(16)25-22/h2-3,5,7,9-11,19H,4,6,8,12H2,1H3,(H2,25,26,27,28). The van der Waals surface area contributed by atoms with Crippen molar-refractivity contribution in [3.63, 3.8) is 0 Å². The first-order valence-corrected chi connectivity index (χ1v) is 11.6. The highest BCUT2D eigenvalue weighted by atomic mass is 32.2. The number of allylic oxidation sites excluding steroid dienone is 1. The molecule has 2 aromatic carbocycles. The summed E-state index contributed by atoms with van der Waals surface area (Å²) in [6, 6.07) is 14.5. The number of anilines is 1. The molecule has 3 aromatic rings. The van der Waals surface area contributed by atoms with Crippen molar-refractivity contribution in [2.45, 2.75) is 30.3 Å². The zero-order chi connectivity index (χ0) is 20.9. The average molecular weight is 432 g/mol. The molecule has 0 saturated heterocycles. The quantitative estimate of drug-likeness (QED) is 0.459. The number of H-pyrrole nitrogens is 1.